The number of carboxylic acids is 2. The van der Waals surface area contributed by atoms with Gasteiger partial charge in [-0.15, -0.1) is 0 Å². The van der Waals surface area contributed by atoms with E-state index in [2.05, 4.69) is 0 Å². The molecule has 1 saturated heterocycles. The molecule has 0 aliphatic carbocycles. The zero-order chi connectivity index (χ0) is 25.1. The van der Waals surface area contributed by atoms with Crippen molar-refractivity contribution in [3.63, 3.8) is 0 Å². The van der Waals surface area contributed by atoms with Crippen LogP contribution in [-0.2, 0) is 16.1 Å². The first-order valence-corrected chi connectivity index (χ1v) is 11.5. The second-order valence-corrected chi connectivity index (χ2v) is 9.08. The van der Waals surface area contributed by atoms with Crippen LogP contribution in [-0.4, -0.2) is 94.1 Å². The van der Waals surface area contributed by atoms with Crippen LogP contribution in [0.2, 0.25) is 0 Å². The van der Waals surface area contributed by atoms with Gasteiger partial charge in [0, 0.05) is 69.5 Å². The zero-order valence-electron chi connectivity index (χ0n) is 19.9. The summed E-state index contributed by atoms with van der Waals surface area (Å²) in [6.45, 7) is 3.01. The second kappa shape index (κ2) is 10.3. The summed E-state index contributed by atoms with van der Waals surface area (Å²) in [7, 11) is 3.44. The molecule has 9 heteroatoms. The van der Waals surface area contributed by atoms with Crippen LogP contribution in [0.25, 0.3) is 10.9 Å². The lowest BCUT2D eigenvalue weighted by Crippen LogP contribution is -2.51. The van der Waals surface area contributed by atoms with E-state index in [1.165, 1.54) is 6.07 Å². The van der Waals surface area contributed by atoms with Crippen molar-refractivity contribution in [3.05, 3.63) is 71.4 Å². The summed E-state index contributed by atoms with van der Waals surface area (Å²) >= 11 is 0. The van der Waals surface area contributed by atoms with Crippen LogP contribution in [0.15, 0.2) is 54.7 Å². The largest absolute Gasteiger partial charge is 0.480 e. The van der Waals surface area contributed by atoms with Gasteiger partial charge in [-0.1, -0.05) is 36.4 Å². The number of carboxylic acid groups (broad SMARTS) is 2. The van der Waals surface area contributed by atoms with Gasteiger partial charge in [0.1, 0.15) is 6.04 Å². The quantitative estimate of drug-likeness (QED) is 0.511. The molecule has 1 fully saturated rings. The van der Waals surface area contributed by atoms with E-state index in [4.69, 9.17) is 0 Å². The second-order valence-electron chi connectivity index (χ2n) is 9.08. The van der Waals surface area contributed by atoms with E-state index in [1.807, 2.05) is 50.9 Å². The first kappa shape index (κ1) is 24.4. The number of piperazine rings is 1. The van der Waals surface area contributed by atoms with Gasteiger partial charge >= 0.3 is 11.9 Å². The molecule has 1 aromatic heterocycles. The Hall–Kier alpha value is -3.69. The fourth-order valence-corrected chi connectivity index (χ4v) is 4.58. The number of amides is 1. The number of carbonyl (C=O) groups is 3. The minimum Gasteiger partial charge on any atom is -0.480 e. The third-order valence-corrected chi connectivity index (χ3v) is 6.51. The normalized spacial score (nSPS) is 15.7. The molecule has 0 radical (unpaired) electrons. The molecule has 184 valence electrons. The Bertz CT molecular complexity index is 1230. The third kappa shape index (κ3) is 5.36. The van der Waals surface area contributed by atoms with Crippen molar-refractivity contribution in [2.45, 2.75) is 12.6 Å². The fourth-order valence-electron chi connectivity index (χ4n) is 4.58. The average molecular weight is 479 g/mol. The number of rotatable bonds is 8. The first-order chi connectivity index (χ1) is 16.7. The number of carbonyl (C=O) groups excluding carboxylic acids is 1. The number of benzene rings is 2. The SMILES string of the molecule is CN(C)C(=O)CN1CCN([C@@H](C(=O)O)c2cn(Cc3ccccc3)c3cc(C(=O)O)ccc23)CC1. The maximum Gasteiger partial charge on any atom is 0.335 e. The van der Waals surface area contributed by atoms with E-state index >= 15 is 0 Å². The zero-order valence-corrected chi connectivity index (χ0v) is 19.9. The standard InChI is InChI=1S/C26H30N4O5/c1-27(2)23(31)17-28-10-12-29(13-11-28)24(26(34)35)21-16-30(15-18-6-4-3-5-7-18)22-14-19(25(32)33)8-9-20(21)22/h3-9,14,16,24H,10-13,15,17H2,1-2H3,(H,32,33)(H,34,35)/t24-/m1/s1. The van der Waals surface area contributed by atoms with Crippen molar-refractivity contribution >= 4 is 28.7 Å². The van der Waals surface area contributed by atoms with Crippen LogP contribution in [0.1, 0.15) is 27.5 Å². The molecule has 1 aliphatic heterocycles. The summed E-state index contributed by atoms with van der Waals surface area (Å²) in [4.78, 5) is 41.7. The maximum absolute atomic E-state index is 12.5. The van der Waals surface area contributed by atoms with E-state index in [-0.39, 0.29) is 11.5 Å². The summed E-state index contributed by atoms with van der Waals surface area (Å²) in [5.41, 5.74) is 2.51. The molecule has 2 N–H and O–H groups in total. The monoisotopic (exact) mass is 478 g/mol. The van der Waals surface area contributed by atoms with Gasteiger partial charge in [0.15, 0.2) is 0 Å². The predicted octanol–water partition coefficient (Wildman–Crippen LogP) is 2.22. The van der Waals surface area contributed by atoms with Gasteiger partial charge in [0.25, 0.3) is 0 Å². The van der Waals surface area contributed by atoms with Gasteiger partial charge in [0.2, 0.25) is 5.91 Å². The number of aliphatic carboxylic acids is 1. The number of nitrogens with zero attached hydrogens (tertiary/aromatic N) is 4. The molecule has 9 nitrogen and oxygen atoms in total. The third-order valence-electron chi connectivity index (χ3n) is 6.51. The highest BCUT2D eigenvalue weighted by atomic mass is 16.4. The molecule has 1 aliphatic rings. The van der Waals surface area contributed by atoms with Crippen LogP contribution in [0.3, 0.4) is 0 Å². The Morgan fingerprint density at radius 1 is 0.971 bits per heavy atom. The van der Waals surface area contributed by atoms with Crippen LogP contribution < -0.4 is 0 Å². The lowest BCUT2D eigenvalue weighted by atomic mass is 10.0. The molecular weight excluding hydrogens is 448 g/mol. The Morgan fingerprint density at radius 2 is 1.66 bits per heavy atom. The number of hydrogen-bond acceptors (Lipinski definition) is 5. The molecule has 0 bridgehead atoms. The molecule has 0 unspecified atom stereocenters. The van der Waals surface area contributed by atoms with Crippen molar-refractivity contribution in [3.8, 4) is 0 Å². The summed E-state index contributed by atoms with van der Waals surface area (Å²) in [6, 6.07) is 13.7. The molecule has 35 heavy (non-hydrogen) atoms. The minimum atomic E-state index is -1.03. The molecule has 1 atom stereocenters. The van der Waals surface area contributed by atoms with E-state index < -0.39 is 18.0 Å². The van der Waals surface area contributed by atoms with Crippen molar-refractivity contribution in [1.82, 2.24) is 19.3 Å². The Morgan fingerprint density at radius 3 is 2.26 bits per heavy atom. The molecule has 1 amide bonds. The van der Waals surface area contributed by atoms with Gasteiger partial charge in [-0.25, -0.2) is 4.79 Å². The van der Waals surface area contributed by atoms with Crippen molar-refractivity contribution in [1.29, 1.82) is 0 Å². The van der Waals surface area contributed by atoms with Gasteiger partial charge in [-0.3, -0.25) is 19.4 Å². The Balaban J connectivity index is 1.66. The number of aromatic carboxylic acids is 1. The van der Waals surface area contributed by atoms with E-state index in [9.17, 15) is 24.6 Å². The Labute approximate surface area is 203 Å². The van der Waals surface area contributed by atoms with Gasteiger partial charge < -0.3 is 19.7 Å². The molecule has 0 saturated carbocycles. The van der Waals surface area contributed by atoms with Gasteiger partial charge in [-0.2, -0.15) is 0 Å². The number of likely N-dealkylation sites (N-methyl/N-ethyl adjacent to an activating group) is 1. The van der Waals surface area contributed by atoms with Crippen molar-refractivity contribution in [2.75, 3.05) is 46.8 Å². The molecule has 3 aromatic rings. The summed E-state index contributed by atoms with van der Waals surface area (Å²) in [6.07, 6.45) is 1.84. The predicted molar refractivity (Wildman–Crippen MR) is 132 cm³/mol. The smallest absolute Gasteiger partial charge is 0.335 e. The van der Waals surface area contributed by atoms with E-state index in [0.717, 1.165) is 10.9 Å². The summed E-state index contributed by atoms with van der Waals surface area (Å²) < 4.78 is 1.92. The number of aromatic nitrogens is 1. The lowest BCUT2D eigenvalue weighted by molar-refractivity contribution is -0.145. The van der Waals surface area contributed by atoms with Crippen molar-refractivity contribution in [2.24, 2.45) is 0 Å². The Kier molecular flexibility index (Phi) is 7.18. The molecule has 2 aromatic carbocycles. The molecular formula is C26H30N4O5. The van der Waals surface area contributed by atoms with Crippen molar-refractivity contribution < 1.29 is 24.6 Å². The highest BCUT2D eigenvalue weighted by molar-refractivity contribution is 5.96. The number of fused-ring (bicyclic) bond motifs is 1. The van der Waals surface area contributed by atoms with Crippen LogP contribution in [0.4, 0.5) is 0 Å². The molecule has 2 heterocycles. The van der Waals surface area contributed by atoms with Gasteiger partial charge in [-0.05, 0) is 17.7 Å². The van der Waals surface area contributed by atoms with Crippen LogP contribution >= 0.6 is 0 Å². The fraction of sp³-hybridized carbons (Fsp3) is 0.346. The van der Waals surface area contributed by atoms with E-state index in [1.54, 1.807) is 31.1 Å². The highest BCUT2D eigenvalue weighted by Crippen LogP contribution is 2.32. The number of hydrogen-bond donors (Lipinski definition) is 2. The summed E-state index contributed by atoms with van der Waals surface area (Å²) in [5.74, 6) is -1.96. The summed E-state index contributed by atoms with van der Waals surface area (Å²) in [5, 5.41) is 20.5. The minimum absolute atomic E-state index is 0.0199. The molecule has 4 rings (SSSR count). The van der Waals surface area contributed by atoms with Gasteiger partial charge in [0.05, 0.1) is 12.1 Å². The maximum atomic E-state index is 12.5. The van der Waals surface area contributed by atoms with Crippen LogP contribution in [0.5, 0.6) is 0 Å². The lowest BCUT2D eigenvalue weighted by Gasteiger charge is -2.37. The molecule has 0 spiro atoms. The van der Waals surface area contributed by atoms with Crippen LogP contribution in [0, 0.1) is 0 Å². The average Bonchev–Trinajstić information content (AvgIpc) is 3.17. The highest BCUT2D eigenvalue weighted by Gasteiger charge is 2.33. The van der Waals surface area contributed by atoms with E-state index in [0.29, 0.717) is 50.3 Å². The topological polar surface area (TPSA) is 106 Å². The first-order valence-electron chi connectivity index (χ1n) is 11.5.